The third kappa shape index (κ3) is 3.51. The second-order valence-corrected chi connectivity index (χ2v) is 4.12. The fourth-order valence-corrected chi connectivity index (χ4v) is 1.40. The van der Waals surface area contributed by atoms with Gasteiger partial charge in [0.1, 0.15) is 0 Å². The summed E-state index contributed by atoms with van der Waals surface area (Å²) < 4.78 is 5.48. The lowest BCUT2D eigenvalue weighted by atomic mass is 10.3. The number of nitrogens with zero attached hydrogens (tertiary/aromatic N) is 4. The van der Waals surface area contributed by atoms with Gasteiger partial charge in [0.05, 0.1) is 5.56 Å². The number of aromatic nitrogens is 3. The average molecular weight is 261 g/mol. The molecule has 7 nitrogen and oxygen atoms in total. The summed E-state index contributed by atoms with van der Waals surface area (Å²) in [6, 6.07) is 3.50. The Morgan fingerprint density at radius 3 is 2.95 bits per heavy atom. The molecule has 2 amide bonds. The van der Waals surface area contributed by atoms with Crippen molar-refractivity contribution in [2.24, 2.45) is 0 Å². The molecule has 7 heteroatoms. The summed E-state index contributed by atoms with van der Waals surface area (Å²) in [5.74, 6) is 0.917. The number of urea groups is 1. The highest BCUT2D eigenvalue weighted by Crippen LogP contribution is 2.15. The molecule has 19 heavy (non-hydrogen) atoms. The maximum atomic E-state index is 11.3. The van der Waals surface area contributed by atoms with Crippen LogP contribution in [0, 0.1) is 0 Å². The number of nitrogens with one attached hydrogen (secondary N) is 1. The van der Waals surface area contributed by atoms with Crippen molar-refractivity contribution in [1.82, 2.24) is 25.4 Å². The van der Waals surface area contributed by atoms with Crippen LogP contribution in [0.1, 0.15) is 5.89 Å². The fourth-order valence-electron chi connectivity index (χ4n) is 1.40. The lowest BCUT2D eigenvalue weighted by Crippen LogP contribution is -2.35. The summed E-state index contributed by atoms with van der Waals surface area (Å²) in [7, 11) is 3.37. The zero-order valence-electron chi connectivity index (χ0n) is 10.8. The molecular weight excluding hydrogens is 246 g/mol. The Morgan fingerprint density at radius 1 is 1.42 bits per heavy atom. The molecule has 0 aliphatic heterocycles. The van der Waals surface area contributed by atoms with Gasteiger partial charge in [-0.2, -0.15) is 0 Å². The molecular formula is C12H15N5O2. The van der Waals surface area contributed by atoms with Crippen molar-refractivity contribution in [2.45, 2.75) is 6.42 Å². The van der Waals surface area contributed by atoms with Gasteiger partial charge < -0.3 is 14.6 Å². The zero-order valence-corrected chi connectivity index (χ0v) is 10.8. The molecule has 100 valence electrons. The summed E-state index contributed by atoms with van der Waals surface area (Å²) in [4.78, 5) is 16.8. The first-order valence-electron chi connectivity index (χ1n) is 5.85. The summed E-state index contributed by atoms with van der Waals surface area (Å²) in [6.45, 7) is 0.450. The van der Waals surface area contributed by atoms with Crippen molar-refractivity contribution in [1.29, 1.82) is 0 Å². The standard InChI is InChI=1S/C12H15N5O2/c1-17(2)12(18)14-7-5-10-15-16-11(19-10)9-4-3-6-13-8-9/h3-4,6,8H,5,7H2,1-2H3,(H,14,18). The van der Waals surface area contributed by atoms with Crippen LogP contribution in [0.2, 0.25) is 0 Å². The molecule has 2 heterocycles. The molecule has 0 fully saturated rings. The maximum absolute atomic E-state index is 11.3. The van der Waals surface area contributed by atoms with Crippen molar-refractivity contribution >= 4 is 6.03 Å². The summed E-state index contributed by atoms with van der Waals surface area (Å²) in [5.41, 5.74) is 0.776. The van der Waals surface area contributed by atoms with Crippen molar-refractivity contribution in [3.63, 3.8) is 0 Å². The van der Waals surface area contributed by atoms with Crippen LogP contribution in [0.25, 0.3) is 11.5 Å². The molecule has 0 spiro atoms. The van der Waals surface area contributed by atoms with Gasteiger partial charge in [-0.1, -0.05) is 0 Å². The van der Waals surface area contributed by atoms with Gasteiger partial charge in [0.15, 0.2) is 0 Å². The normalized spacial score (nSPS) is 10.2. The van der Waals surface area contributed by atoms with Gasteiger partial charge in [-0.3, -0.25) is 4.98 Å². The molecule has 0 aliphatic rings. The van der Waals surface area contributed by atoms with Gasteiger partial charge in [0, 0.05) is 39.5 Å². The quantitative estimate of drug-likeness (QED) is 0.885. The van der Waals surface area contributed by atoms with Crippen LogP contribution in [0.15, 0.2) is 28.9 Å². The first-order chi connectivity index (χ1) is 9.16. The zero-order chi connectivity index (χ0) is 13.7. The van der Waals surface area contributed by atoms with Crippen molar-refractivity contribution < 1.29 is 9.21 Å². The van der Waals surface area contributed by atoms with E-state index in [4.69, 9.17) is 4.42 Å². The van der Waals surface area contributed by atoms with Crippen LogP contribution in [-0.2, 0) is 6.42 Å². The molecule has 0 bridgehead atoms. The molecule has 2 aromatic heterocycles. The van der Waals surface area contributed by atoms with E-state index in [1.165, 1.54) is 4.90 Å². The Labute approximate surface area is 110 Å². The van der Waals surface area contributed by atoms with Gasteiger partial charge in [-0.15, -0.1) is 10.2 Å². The molecule has 0 radical (unpaired) electrons. The maximum Gasteiger partial charge on any atom is 0.316 e. The first-order valence-corrected chi connectivity index (χ1v) is 5.85. The largest absolute Gasteiger partial charge is 0.421 e. The molecule has 2 rings (SSSR count). The van der Waals surface area contributed by atoms with E-state index in [0.717, 1.165) is 5.56 Å². The predicted molar refractivity (Wildman–Crippen MR) is 68.3 cm³/mol. The van der Waals surface area contributed by atoms with Crippen molar-refractivity contribution in [3.05, 3.63) is 30.4 Å². The van der Waals surface area contributed by atoms with Gasteiger partial charge in [0.25, 0.3) is 0 Å². The lowest BCUT2D eigenvalue weighted by Gasteiger charge is -2.10. The number of rotatable bonds is 4. The number of hydrogen-bond donors (Lipinski definition) is 1. The highest BCUT2D eigenvalue weighted by atomic mass is 16.4. The third-order valence-electron chi connectivity index (χ3n) is 2.40. The van der Waals surface area contributed by atoms with E-state index in [2.05, 4.69) is 20.5 Å². The van der Waals surface area contributed by atoms with E-state index in [9.17, 15) is 4.79 Å². The van der Waals surface area contributed by atoms with Crippen LogP contribution in [0.4, 0.5) is 4.79 Å². The minimum Gasteiger partial charge on any atom is -0.421 e. The van der Waals surface area contributed by atoms with Gasteiger partial charge >= 0.3 is 6.03 Å². The minimum absolute atomic E-state index is 0.146. The van der Waals surface area contributed by atoms with Crippen LogP contribution in [0.3, 0.4) is 0 Å². The Kier molecular flexibility index (Phi) is 4.07. The number of carbonyl (C=O) groups excluding carboxylic acids is 1. The fraction of sp³-hybridized carbons (Fsp3) is 0.333. The highest BCUT2D eigenvalue weighted by molar-refractivity contribution is 5.73. The van der Waals surface area contributed by atoms with Crippen LogP contribution < -0.4 is 5.32 Å². The Hall–Kier alpha value is -2.44. The minimum atomic E-state index is -0.146. The van der Waals surface area contributed by atoms with E-state index in [0.29, 0.717) is 24.7 Å². The molecule has 1 N–H and O–H groups in total. The second-order valence-electron chi connectivity index (χ2n) is 4.12. The highest BCUT2D eigenvalue weighted by Gasteiger charge is 2.09. The van der Waals surface area contributed by atoms with Crippen molar-refractivity contribution in [2.75, 3.05) is 20.6 Å². The molecule has 0 aromatic carbocycles. The number of hydrogen-bond acceptors (Lipinski definition) is 5. The molecule has 0 unspecified atom stereocenters. The van der Waals surface area contributed by atoms with E-state index >= 15 is 0 Å². The number of carbonyl (C=O) groups is 1. The third-order valence-corrected chi connectivity index (χ3v) is 2.40. The lowest BCUT2D eigenvalue weighted by molar-refractivity contribution is 0.217. The average Bonchev–Trinajstić information content (AvgIpc) is 2.88. The molecule has 0 atom stereocenters. The van der Waals surface area contributed by atoms with Crippen molar-refractivity contribution in [3.8, 4) is 11.5 Å². The molecule has 0 saturated heterocycles. The van der Waals surface area contributed by atoms with Crippen LogP contribution in [0.5, 0.6) is 0 Å². The number of amides is 2. The molecule has 0 aliphatic carbocycles. The first kappa shape index (κ1) is 13.0. The van der Waals surface area contributed by atoms with E-state index in [1.54, 1.807) is 32.6 Å². The monoisotopic (exact) mass is 261 g/mol. The predicted octanol–water partition coefficient (Wildman–Crippen LogP) is 0.945. The molecule has 0 saturated carbocycles. The molecule has 2 aromatic rings. The Bertz CT molecular complexity index is 538. The van der Waals surface area contributed by atoms with E-state index < -0.39 is 0 Å². The summed E-state index contributed by atoms with van der Waals surface area (Å²) in [6.07, 6.45) is 3.83. The SMILES string of the molecule is CN(C)C(=O)NCCc1nnc(-c2cccnc2)o1. The smallest absolute Gasteiger partial charge is 0.316 e. The van der Waals surface area contributed by atoms with Gasteiger partial charge in [-0.05, 0) is 12.1 Å². The van der Waals surface area contributed by atoms with E-state index in [1.807, 2.05) is 6.07 Å². The van der Waals surface area contributed by atoms with Gasteiger partial charge in [0.2, 0.25) is 11.8 Å². The van der Waals surface area contributed by atoms with E-state index in [-0.39, 0.29) is 6.03 Å². The van der Waals surface area contributed by atoms with Crippen LogP contribution in [-0.4, -0.2) is 46.8 Å². The summed E-state index contributed by atoms with van der Waals surface area (Å²) in [5, 5.41) is 10.6. The summed E-state index contributed by atoms with van der Waals surface area (Å²) >= 11 is 0. The Balaban J connectivity index is 1.90. The second kappa shape index (κ2) is 5.94. The number of pyridine rings is 1. The van der Waals surface area contributed by atoms with Gasteiger partial charge in [-0.25, -0.2) is 4.79 Å². The van der Waals surface area contributed by atoms with Crippen LogP contribution >= 0.6 is 0 Å². The topological polar surface area (TPSA) is 84.2 Å². The Morgan fingerprint density at radius 2 is 2.26 bits per heavy atom.